The zero-order valence-corrected chi connectivity index (χ0v) is 22.4. The molecule has 4 aliphatic rings. The summed E-state index contributed by atoms with van der Waals surface area (Å²) >= 11 is 0. The lowest BCUT2D eigenvalue weighted by molar-refractivity contribution is -0.143. The van der Waals surface area contributed by atoms with Gasteiger partial charge in [0.1, 0.15) is 5.78 Å². The van der Waals surface area contributed by atoms with Gasteiger partial charge in [0.15, 0.2) is 11.6 Å². The van der Waals surface area contributed by atoms with Gasteiger partial charge in [-0.15, -0.1) is 0 Å². The van der Waals surface area contributed by atoms with Crippen molar-refractivity contribution >= 4 is 23.3 Å². The third kappa shape index (κ3) is 3.97. The first-order valence-electron chi connectivity index (χ1n) is 13.5. The van der Waals surface area contributed by atoms with Gasteiger partial charge in [-0.05, 0) is 68.1 Å². The molecule has 3 unspecified atom stereocenters. The van der Waals surface area contributed by atoms with Crippen LogP contribution in [-0.2, 0) is 23.9 Å². The fourth-order valence-electron chi connectivity index (χ4n) is 8.41. The van der Waals surface area contributed by atoms with Crippen LogP contribution in [0.5, 0.6) is 0 Å². The molecule has 0 aromatic carbocycles. The Morgan fingerprint density at radius 3 is 2.49 bits per heavy atom. The van der Waals surface area contributed by atoms with Gasteiger partial charge >= 0.3 is 5.97 Å². The lowest BCUT2D eigenvalue weighted by atomic mass is 9.48. The summed E-state index contributed by atoms with van der Waals surface area (Å²) in [6, 6.07) is 0. The summed E-state index contributed by atoms with van der Waals surface area (Å²) in [6.07, 6.45) is 5.68. The number of hydrogen-bond donors (Lipinski definition) is 0. The third-order valence-corrected chi connectivity index (χ3v) is 10.7. The molecule has 4 rings (SSSR count). The smallest absolute Gasteiger partial charge is 0.312 e. The van der Waals surface area contributed by atoms with E-state index < -0.39 is 0 Å². The maximum absolute atomic E-state index is 13.8. The highest BCUT2D eigenvalue weighted by Gasteiger charge is 2.61. The average molecular weight is 483 g/mol. The van der Waals surface area contributed by atoms with Crippen molar-refractivity contribution in [1.82, 2.24) is 0 Å². The molecule has 5 heteroatoms. The molecule has 2 fully saturated rings. The molecule has 0 saturated heterocycles. The quantitative estimate of drug-likeness (QED) is 0.360. The highest BCUT2D eigenvalue weighted by Crippen LogP contribution is 2.64. The lowest BCUT2D eigenvalue weighted by Gasteiger charge is -2.53. The van der Waals surface area contributed by atoms with Crippen LogP contribution in [0.15, 0.2) is 23.3 Å². The largest absolute Gasteiger partial charge is 0.469 e. The van der Waals surface area contributed by atoms with Crippen molar-refractivity contribution in [1.29, 1.82) is 0 Å². The van der Waals surface area contributed by atoms with Crippen molar-refractivity contribution in [3.05, 3.63) is 23.3 Å². The van der Waals surface area contributed by atoms with E-state index in [1.165, 1.54) is 7.11 Å². The molecular formula is C30H42O5. The van der Waals surface area contributed by atoms with E-state index in [1.54, 1.807) is 0 Å². The van der Waals surface area contributed by atoms with Crippen molar-refractivity contribution in [2.75, 3.05) is 7.11 Å². The van der Waals surface area contributed by atoms with Gasteiger partial charge < -0.3 is 4.74 Å². The number of esters is 1. The molecule has 0 radical (unpaired) electrons. The second-order valence-electron chi connectivity index (χ2n) is 12.5. The molecule has 0 amide bonds. The Morgan fingerprint density at radius 2 is 1.83 bits per heavy atom. The molecule has 35 heavy (non-hydrogen) atoms. The predicted molar refractivity (Wildman–Crippen MR) is 134 cm³/mol. The average Bonchev–Trinajstić information content (AvgIpc) is 3.16. The number of methoxy groups -OCH3 is 1. The molecule has 192 valence electrons. The molecule has 0 aromatic heterocycles. The summed E-state index contributed by atoms with van der Waals surface area (Å²) in [5.41, 5.74) is 1.91. The standard InChI is InChI=1S/C30H42O5/c1-16(18(3)28(34)35-7)8-9-17(2)20-10-11-21-26-24(32)14-22-19(4)23(31)12-13-29(22,5)27(26)25(33)15-30(20,21)6/h17-22H,1,8-15H2,2-7H3/t17-,18?,19+,20-,21?,22?,29+,30-/m1/s1. The van der Waals surface area contributed by atoms with Crippen LogP contribution >= 0.6 is 0 Å². The minimum absolute atomic E-state index is 0.0535. The fourth-order valence-corrected chi connectivity index (χ4v) is 8.41. The number of ketones is 3. The number of ether oxygens (including phenoxy) is 1. The van der Waals surface area contributed by atoms with Crippen molar-refractivity contribution in [3.8, 4) is 0 Å². The maximum Gasteiger partial charge on any atom is 0.312 e. The first-order chi connectivity index (χ1) is 16.4. The van der Waals surface area contributed by atoms with Crippen LogP contribution in [-0.4, -0.2) is 30.4 Å². The first kappa shape index (κ1) is 26.0. The van der Waals surface area contributed by atoms with Crippen LogP contribution < -0.4 is 0 Å². The molecule has 0 N–H and O–H groups in total. The topological polar surface area (TPSA) is 77.5 Å². The molecule has 8 atom stereocenters. The number of hydrogen-bond acceptors (Lipinski definition) is 5. The maximum atomic E-state index is 13.8. The van der Waals surface area contributed by atoms with Crippen LogP contribution in [0.2, 0.25) is 0 Å². The number of allylic oxidation sites excluding steroid dienone is 2. The second-order valence-corrected chi connectivity index (χ2v) is 12.5. The molecule has 0 spiro atoms. The highest BCUT2D eigenvalue weighted by molar-refractivity contribution is 6.11. The van der Waals surface area contributed by atoms with E-state index in [-0.39, 0.29) is 57.8 Å². The highest BCUT2D eigenvalue weighted by atomic mass is 16.5. The van der Waals surface area contributed by atoms with Gasteiger partial charge in [-0.3, -0.25) is 19.2 Å². The van der Waals surface area contributed by atoms with E-state index in [0.29, 0.717) is 37.5 Å². The Hall–Kier alpha value is -2.04. The van der Waals surface area contributed by atoms with Crippen molar-refractivity contribution in [2.45, 2.75) is 86.0 Å². The Balaban J connectivity index is 1.59. The zero-order valence-electron chi connectivity index (χ0n) is 22.4. The minimum atomic E-state index is -0.361. The van der Waals surface area contributed by atoms with Crippen LogP contribution in [0.1, 0.15) is 86.0 Å². The monoisotopic (exact) mass is 482 g/mol. The summed E-state index contributed by atoms with van der Waals surface area (Å²) in [5.74, 6) is 0.522. The zero-order chi connectivity index (χ0) is 25.9. The summed E-state index contributed by atoms with van der Waals surface area (Å²) < 4.78 is 4.86. The number of rotatable bonds is 6. The first-order valence-corrected chi connectivity index (χ1v) is 13.5. The number of fused-ring (bicyclic) bond motifs is 4. The summed E-state index contributed by atoms with van der Waals surface area (Å²) in [4.78, 5) is 51.8. The van der Waals surface area contributed by atoms with Crippen LogP contribution in [0.3, 0.4) is 0 Å². The molecule has 0 aliphatic heterocycles. The fraction of sp³-hybridized carbons (Fsp3) is 0.733. The Kier molecular flexibility index (Phi) is 6.78. The van der Waals surface area contributed by atoms with E-state index in [2.05, 4.69) is 27.4 Å². The van der Waals surface area contributed by atoms with Crippen molar-refractivity contribution < 1.29 is 23.9 Å². The summed E-state index contributed by atoms with van der Waals surface area (Å²) in [5, 5.41) is 0. The molecule has 0 heterocycles. The van der Waals surface area contributed by atoms with Gasteiger partial charge in [-0.2, -0.15) is 0 Å². The molecule has 2 saturated carbocycles. The van der Waals surface area contributed by atoms with Crippen molar-refractivity contribution in [3.63, 3.8) is 0 Å². The van der Waals surface area contributed by atoms with Gasteiger partial charge in [0, 0.05) is 41.7 Å². The van der Waals surface area contributed by atoms with Gasteiger partial charge in [0.2, 0.25) is 0 Å². The normalized spacial score (nSPS) is 38.4. The number of carbonyl (C=O) groups excluding carboxylic acids is 4. The van der Waals surface area contributed by atoms with Gasteiger partial charge in [0.05, 0.1) is 13.0 Å². The third-order valence-electron chi connectivity index (χ3n) is 10.7. The Bertz CT molecular complexity index is 1000. The number of carbonyl (C=O) groups is 4. The van der Waals surface area contributed by atoms with E-state index in [1.807, 2.05) is 13.8 Å². The van der Waals surface area contributed by atoms with Crippen molar-refractivity contribution in [2.24, 2.45) is 46.3 Å². The summed E-state index contributed by atoms with van der Waals surface area (Å²) in [6.45, 7) is 14.5. The molecule has 0 bridgehead atoms. The lowest BCUT2D eigenvalue weighted by Crippen LogP contribution is -2.53. The Labute approximate surface area is 210 Å². The van der Waals surface area contributed by atoms with E-state index in [4.69, 9.17) is 4.74 Å². The minimum Gasteiger partial charge on any atom is -0.469 e. The molecular weight excluding hydrogens is 440 g/mol. The van der Waals surface area contributed by atoms with Gasteiger partial charge in [-0.1, -0.05) is 39.8 Å². The van der Waals surface area contributed by atoms with E-state index >= 15 is 0 Å². The number of Topliss-reactive ketones (excluding diaryl/α,β-unsaturated/α-hetero) is 3. The van der Waals surface area contributed by atoms with E-state index in [0.717, 1.165) is 42.4 Å². The van der Waals surface area contributed by atoms with Gasteiger partial charge in [-0.25, -0.2) is 0 Å². The predicted octanol–water partition coefficient (Wildman–Crippen LogP) is 5.66. The second kappa shape index (κ2) is 9.12. The van der Waals surface area contributed by atoms with Crippen LogP contribution in [0.4, 0.5) is 0 Å². The SMILES string of the molecule is C=C(CC[C@@H](C)[C@H]1CCC2C3=C(C(=O)C[C@@]21C)[C@@]1(C)CCC(=O)[C@@H](C)C1CC3=O)C(C)C(=O)OC. The molecule has 5 nitrogen and oxygen atoms in total. The molecule has 0 aromatic rings. The Morgan fingerprint density at radius 1 is 1.14 bits per heavy atom. The molecule has 4 aliphatic carbocycles. The van der Waals surface area contributed by atoms with Crippen LogP contribution in [0.25, 0.3) is 0 Å². The van der Waals surface area contributed by atoms with E-state index in [9.17, 15) is 19.2 Å². The summed E-state index contributed by atoms with van der Waals surface area (Å²) in [7, 11) is 1.40. The van der Waals surface area contributed by atoms with Gasteiger partial charge in [0.25, 0.3) is 0 Å². The van der Waals surface area contributed by atoms with Crippen LogP contribution in [0, 0.1) is 46.3 Å².